The Balaban J connectivity index is 3.03. The lowest BCUT2D eigenvalue weighted by Crippen LogP contribution is -2.09. The molecule has 2 N–H and O–H groups in total. The number of rotatable bonds is 1. The van der Waals surface area contributed by atoms with Gasteiger partial charge in [0.25, 0.3) is 0 Å². The first-order chi connectivity index (χ1) is 7.41. The summed E-state index contributed by atoms with van der Waals surface area (Å²) in [5.41, 5.74) is 3.66. The van der Waals surface area contributed by atoms with Crippen LogP contribution < -0.4 is 5.73 Å². The van der Waals surface area contributed by atoms with Crippen LogP contribution in [0.1, 0.15) is 17.5 Å². The van der Waals surface area contributed by atoms with Gasteiger partial charge in [-0.25, -0.2) is 0 Å². The second-order valence-electron chi connectivity index (χ2n) is 2.86. The van der Waals surface area contributed by atoms with Crippen LogP contribution in [-0.4, -0.2) is 10.9 Å². The summed E-state index contributed by atoms with van der Waals surface area (Å²) in [6, 6.07) is 0.828. The molecule has 3 nitrogen and oxygen atoms in total. The van der Waals surface area contributed by atoms with Crippen molar-refractivity contribution in [1.82, 2.24) is 4.98 Å². The molecule has 84 valence electrons. The fourth-order valence-electron chi connectivity index (χ4n) is 0.968. The number of aromatic nitrogens is 1. The normalized spacial score (nSPS) is 10.4. The summed E-state index contributed by atoms with van der Waals surface area (Å²) in [4.78, 5) is 13.9. The maximum atomic E-state index is 12.4. The van der Waals surface area contributed by atoms with E-state index >= 15 is 0 Å². The number of nitrogens with zero attached hydrogens (tertiary/aromatic N) is 1. The predicted molar refractivity (Wildman–Crippen MR) is 49.9 cm³/mol. The van der Waals surface area contributed by atoms with E-state index in [-0.39, 0.29) is 12.0 Å². The molecule has 0 bridgehead atoms. The summed E-state index contributed by atoms with van der Waals surface area (Å²) in [5.74, 6) is 3.78. The summed E-state index contributed by atoms with van der Waals surface area (Å²) >= 11 is 0. The number of carbonyl (C=O) groups excluding carboxylic acids is 1. The molecule has 1 amide bonds. The van der Waals surface area contributed by atoms with Crippen molar-refractivity contribution in [3.05, 3.63) is 29.6 Å². The highest BCUT2D eigenvalue weighted by molar-refractivity contribution is 5.76. The average molecular weight is 228 g/mol. The Hall–Kier alpha value is -2.03. The quantitative estimate of drug-likeness (QED) is 0.737. The average Bonchev–Trinajstić information content (AvgIpc) is 2.16. The molecular formula is C10H7F3N2O. The van der Waals surface area contributed by atoms with E-state index in [9.17, 15) is 18.0 Å². The second-order valence-corrected chi connectivity index (χ2v) is 2.86. The highest BCUT2D eigenvalue weighted by Crippen LogP contribution is 2.30. The third-order valence-electron chi connectivity index (χ3n) is 1.61. The molecule has 0 atom stereocenters. The van der Waals surface area contributed by atoms with E-state index in [1.165, 1.54) is 0 Å². The lowest BCUT2D eigenvalue weighted by atomic mass is 10.1. The van der Waals surface area contributed by atoms with E-state index in [2.05, 4.69) is 16.8 Å². The minimum Gasteiger partial charge on any atom is -0.369 e. The van der Waals surface area contributed by atoms with Gasteiger partial charge in [-0.2, -0.15) is 13.2 Å². The third-order valence-corrected chi connectivity index (χ3v) is 1.61. The van der Waals surface area contributed by atoms with Gasteiger partial charge in [-0.05, 0) is 6.07 Å². The first kappa shape index (κ1) is 12.0. The summed E-state index contributed by atoms with van der Waals surface area (Å²) in [7, 11) is 0. The Labute approximate surface area is 89.5 Å². The lowest BCUT2D eigenvalue weighted by Gasteiger charge is -2.07. The first-order valence-electron chi connectivity index (χ1n) is 4.19. The number of halogens is 3. The van der Waals surface area contributed by atoms with E-state index in [4.69, 9.17) is 5.73 Å². The number of nitrogens with two attached hydrogens (primary N) is 1. The zero-order valence-electron chi connectivity index (χ0n) is 8.01. The van der Waals surface area contributed by atoms with Crippen molar-refractivity contribution < 1.29 is 18.0 Å². The van der Waals surface area contributed by atoms with E-state index in [0.717, 1.165) is 18.5 Å². The lowest BCUT2D eigenvalue weighted by molar-refractivity contribution is -0.137. The van der Waals surface area contributed by atoms with E-state index in [1.807, 2.05) is 0 Å². The number of carbonyl (C=O) groups is 1. The van der Waals surface area contributed by atoms with Crippen molar-refractivity contribution in [3.63, 3.8) is 0 Å². The zero-order chi connectivity index (χ0) is 12.2. The molecule has 0 saturated carbocycles. The highest BCUT2D eigenvalue weighted by atomic mass is 19.4. The van der Waals surface area contributed by atoms with Gasteiger partial charge in [0.1, 0.15) is 0 Å². The van der Waals surface area contributed by atoms with Gasteiger partial charge >= 0.3 is 6.18 Å². The van der Waals surface area contributed by atoms with Crippen LogP contribution in [0.5, 0.6) is 0 Å². The number of hydrogen-bond donors (Lipinski definition) is 1. The molecule has 1 rings (SSSR count). The summed E-state index contributed by atoms with van der Waals surface area (Å²) < 4.78 is 37.3. The van der Waals surface area contributed by atoms with Crippen LogP contribution in [0.15, 0.2) is 18.5 Å². The SMILES string of the molecule is NC(=O)CC#Cc1cnccc1C(F)(F)F. The van der Waals surface area contributed by atoms with Crippen molar-refractivity contribution in [2.75, 3.05) is 0 Å². The standard InChI is InChI=1S/C10H7F3N2O/c11-10(12,13)8-4-5-15-6-7(8)2-1-3-9(14)16/h4-6H,3H2,(H2,14,16). The number of alkyl halides is 3. The molecule has 0 aromatic carbocycles. The minimum absolute atomic E-state index is 0.267. The number of pyridine rings is 1. The zero-order valence-corrected chi connectivity index (χ0v) is 8.01. The van der Waals surface area contributed by atoms with Crippen LogP contribution in [0.2, 0.25) is 0 Å². The molecule has 0 saturated heterocycles. The molecule has 0 aliphatic carbocycles. The molecule has 0 radical (unpaired) electrons. The van der Waals surface area contributed by atoms with Crippen LogP contribution >= 0.6 is 0 Å². The van der Waals surface area contributed by atoms with Gasteiger partial charge in [-0.3, -0.25) is 9.78 Å². The fourth-order valence-corrected chi connectivity index (χ4v) is 0.968. The largest absolute Gasteiger partial charge is 0.417 e. The van der Waals surface area contributed by atoms with Crippen LogP contribution in [0, 0.1) is 11.8 Å². The molecule has 1 aromatic rings. The molecular weight excluding hydrogens is 221 g/mol. The van der Waals surface area contributed by atoms with Crippen LogP contribution in [-0.2, 0) is 11.0 Å². The topological polar surface area (TPSA) is 56.0 Å². The maximum absolute atomic E-state index is 12.4. The molecule has 0 aliphatic heterocycles. The monoisotopic (exact) mass is 228 g/mol. The Morgan fingerprint density at radius 2 is 2.19 bits per heavy atom. The third kappa shape index (κ3) is 3.28. The summed E-state index contributed by atoms with van der Waals surface area (Å²) in [6.07, 6.45) is -2.75. The van der Waals surface area contributed by atoms with Gasteiger partial charge in [-0.1, -0.05) is 11.8 Å². The van der Waals surface area contributed by atoms with Crippen LogP contribution in [0.25, 0.3) is 0 Å². The number of amides is 1. The first-order valence-corrected chi connectivity index (χ1v) is 4.19. The van der Waals surface area contributed by atoms with Gasteiger partial charge in [0.05, 0.1) is 17.5 Å². The van der Waals surface area contributed by atoms with Crippen molar-refractivity contribution >= 4 is 5.91 Å². The van der Waals surface area contributed by atoms with Gasteiger partial charge in [0.15, 0.2) is 0 Å². The van der Waals surface area contributed by atoms with Crippen molar-refractivity contribution in [2.24, 2.45) is 5.73 Å². The molecule has 0 fully saturated rings. The van der Waals surface area contributed by atoms with Gasteiger partial charge < -0.3 is 5.73 Å². The molecule has 1 heterocycles. The maximum Gasteiger partial charge on any atom is 0.417 e. The molecule has 0 spiro atoms. The van der Waals surface area contributed by atoms with Gasteiger partial charge in [-0.15, -0.1) is 0 Å². The van der Waals surface area contributed by atoms with Crippen molar-refractivity contribution in [1.29, 1.82) is 0 Å². The summed E-state index contributed by atoms with van der Waals surface area (Å²) in [6.45, 7) is 0. The predicted octanol–water partition coefficient (Wildman–Crippen LogP) is 1.33. The highest BCUT2D eigenvalue weighted by Gasteiger charge is 2.32. The van der Waals surface area contributed by atoms with Gasteiger partial charge in [0.2, 0.25) is 5.91 Å². The minimum atomic E-state index is -4.49. The van der Waals surface area contributed by atoms with E-state index in [1.54, 1.807) is 0 Å². The molecule has 6 heteroatoms. The fraction of sp³-hybridized carbons (Fsp3) is 0.200. The number of primary amides is 1. The van der Waals surface area contributed by atoms with Crippen LogP contribution in [0.3, 0.4) is 0 Å². The molecule has 16 heavy (non-hydrogen) atoms. The van der Waals surface area contributed by atoms with Crippen LogP contribution in [0.4, 0.5) is 13.2 Å². The van der Waals surface area contributed by atoms with E-state index in [0.29, 0.717) is 0 Å². The Morgan fingerprint density at radius 3 is 2.75 bits per heavy atom. The Morgan fingerprint density at radius 1 is 1.50 bits per heavy atom. The smallest absolute Gasteiger partial charge is 0.369 e. The molecule has 0 aliphatic rings. The Kier molecular flexibility index (Phi) is 3.51. The summed E-state index contributed by atoms with van der Waals surface area (Å²) in [5, 5.41) is 0. The van der Waals surface area contributed by atoms with Crippen molar-refractivity contribution in [2.45, 2.75) is 12.6 Å². The van der Waals surface area contributed by atoms with Crippen molar-refractivity contribution in [3.8, 4) is 11.8 Å². The van der Waals surface area contributed by atoms with E-state index < -0.39 is 17.6 Å². The molecule has 1 aromatic heterocycles. The van der Waals surface area contributed by atoms with Gasteiger partial charge in [0, 0.05) is 12.4 Å². The second kappa shape index (κ2) is 4.66. The Bertz CT molecular complexity index is 457. The molecule has 0 unspecified atom stereocenters. The number of hydrogen-bond acceptors (Lipinski definition) is 2.